The van der Waals surface area contributed by atoms with E-state index in [0.29, 0.717) is 5.02 Å². The number of benzene rings is 2. The number of aryl methyl sites for hydroxylation is 1. The van der Waals surface area contributed by atoms with E-state index in [1.54, 1.807) is 12.1 Å². The standard InChI is InChI=1S/C16H18ClNO3S/c1-2-13-3-7-15(8-4-13)21-12-11-18-22(19,20)16-9-5-14(17)6-10-16/h3-10,18H,2,11-12H2,1H3. The molecule has 0 aliphatic rings. The maximum absolute atomic E-state index is 12.0. The molecule has 2 rings (SSSR count). The van der Waals surface area contributed by atoms with Gasteiger partial charge < -0.3 is 4.74 Å². The molecule has 118 valence electrons. The fraction of sp³-hybridized carbons (Fsp3) is 0.250. The molecule has 0 aromatic heterocycles. The molecule has 2 aromatic rings. The third-order valence-corrected chi connectivity index (χ3v) is 4.85. The second kappa shape index (κ2) is 7.63. The Labute approximate surface area is 136 Å². The van der Waals surface area contributed by atoms with E-state index in [2.05, 4.69) is 11.6 Å². The predicted octanol–water partition coefficient (Wildman–Crippen LogP) is 3.26. The maximum atomic E-state index is 12.0. The van der Waals surface area contributed by atoms with Crippen LogP contribution in [0.3, 0.4) is 0 Å². The van der Waals surface area contributed by atoms with Gasteiger partial charge in [0.2, 0.25) is 10.0 Å². The number of hydrogen-bond acceptors (Lipinski definition) is 3. The molecule has 4 nitrogen and oxygen atoms in total. The summed E-state index contributed by atoms with van der Waals surface area (Å²) in [6.45, 7) is 2.54. The molecule has 0 unspecified atom stereocenters. The highest BCUT2D eigenvalue weighted by molar-refractivity contribution is 7.89. The molecule has 1 N–H and O–H groups in total. The van der Waals surface area contributed by atoms with Crippen molar-refractivity contribution in [1.82, 2.24) is 4.72 Å². The summed E-state index contributed by atoms with van der Waals surface area (Å²) in [6.07, 6.45) is 0.973. The van der Waals surface area contributed by atoms with Crippen molar-refractivity contribution in [2.24, 2.45) is 0 Å². The zero-order valence-corrected chi connectivity index (χ0v) is 13.8. The molecular formula is C16H18ClNO3S. The van der Waals surface area contributed by atoms with Crippen molar-refractivity contribution in [3.8, 4) is 5.75 Å². The number of halogens is 1. The van der Waals surface area contributed by atoms with Crippen LogP contribution in [0, 0.1) is 0 Å². The van der Waals surface area contributed by atoms with E-state index in [1.165, 1.54) is 17.7 Å². The van der Waals surface area contributed by atoms with Crippen LogP contribution in [0.25, 0.3) is 0 Å². The van der Waals surface area contributed by atoms with Crippen molar-refractivity contribution < 1.29 is 13.2 Å². The highest BCUT2D eigenvalue weighted by Gasteiger charge is 2.12. The zero-order valence-electron chi connectivity index (χ0n) is 12.3. The summed E-state index contributed by atoms with van der Waals surface area (Å²) in [4.78, 5) is 0.184. The first-order valence-corrected chi connectivity index (χ1v) is 8.84. The summed E-state index contributed by atoms with van der Waals surface area (Å²) in [6, 6.07) is 13.8. The molecule has 0 spiro atoms. The summed E-state index contributed by atoms with van der Waals surface area (Å²) < 4.78 is 32.1. The lowest BCUT2D eigenvalue weighted by atomic mass is 10.2. The molecule has 0 radical (unpaired) electrons. The van der Waals surface area contributed by atoms with Gasteiger partial charge in [-0.3, -0.25) is 0 Å². The molecule has 0 amide bonds. The minimum Gasteiger partial charge on any atom is -0.492 e. The minimum atomic E-state index is -3.53. The van der Waals surface area contributed by atoms with Crippen LogP contribution in [0.1, 0.15) is 12.5 Å². The third kappa shape index (κ3) is 4.73. The number of nitrogens with one attached hydrogen (secondary N) is 1. The van der Waals surface area contributed by atoms with E-state index < -0.39 is 10.0 Å². The van der Waals surface area contributed by atoms with Gasteiger partial charge in [0.15, 0.2) is 0 Å². The molecule has 0 atom stereocenters. The van der Waals surface area contributed by atoms with Crippen molar-refractivity contribution >= 4 is 21.6 Å². The Hall–Kier alpha value is -1.56. The lowest BCUT2D eigenvalue weighted by Crippen LogP contribution is -2.28. The largest absolute Gasteiger partial charge is 0.492 e. The van der Waals surface area contributed by atoms with Crippen molar-refractivity contribution in [1.29, 1.82) is 0 Å². The van der Waals surface area contributed by atoms with Crippen molar-refractivity contribution in [2.45, 2.75) is 18.2 Å². The molecule has 2 aromatic carbocycles. The van der Waals surface area contributed by atoms with Gasteiger partial charge in [-0.2, -0.15) is 0 Å². The van der Waals surface area contributed by atoms with Crippen LogP contribution in [-0.4, -0.2) is 21.6 Å². The molecule has 0 fully saturated rings. The Morgan fingerprint density at radius 1 is 1.05 bits per heavy atom. The Bertz CT molecular complexity index is 697. The van der Waals surface area contributed by atoms with E-state index in [9.17, 15) is 8.42 Å². The first kappa shape index (κ1) is 16.8. The molecular weight excluding hydrogens is 322 g/mol. The van der Waals surface area contributed by atoms with Gasteiger partial charge in [0.1, 0.15) is 12.4 Å². The van der Waals surface area contributed by atoms with Crippen LogP contribution >= 0.6 is 11.6 Å². The fourth-order valence-electron chi connectivity index (χ4n) is 1.86. The highest BCUT2D eigenvalue weighted by atomic mass is 35.5. The zero-order chi connectivity index (χ0) is 16.0. The van der Waals surface area contributed by atoms with Gasteiger partial charge in [-0.15, -0.1) is 0 Å². The van der Waals surface area contributed by atoms with Gasteiger partial charge in [-0.1, -0.05) is 30.7 Å². The Kier molecular flexibility index (Phi) is 5.83. The van der Waals surface area contributed by atoms with Crippen LogP contribution in [0.2, 0.25) is 5.02 Å². The van der Waals surface area contributed by atoms with Crippen molar-refractivity contribution in [3.63, 3.8) is 0 Å². The van der Waals surface area contributed by atoms with Crippen LogP contribution in [0.5, 0.6) is 5.75 Å². The monoisotopic (exact) mass is 339 g/mol. The average Bonchev–Trinajstić information content (AvgIpc) is 2.52. The second-order valence-electron chi connectivity index (χ2n) is 4.70. The number of sulfonamides is 1. The third-order valence-electron chi connectivity index (χ3n) is 3.12. The molecule has 6 heteroatoms. The fourth-order valence-corrected chi connectivity index (χ4v) is 3.00. The molecule has 0 saturated carbocycles. The number of rotatable bonds is 7. The van der Waals surface area contributed by atoms with Crippen LogP contribution < -0.4 is 9.46 Å². The Morgan fingerprint density at radius 3 is 2.27 bits per heavy atom. The molecule has 0 saturated heterocycles. The Balaban J connectivity index is 1.83. The lowest BCUT2D eigenvalue weighted by molar-refractivity contribution is 0.323. The topological polar surface area (TPSA) is 55.4 Å². The summed E-state index contributed by atoms with van der Waals surface area (Å²) in [5.74, 6) is 0.725. The number of ether oxygens (including phenoxy) is 1. The van der Waals surface area contributed by atoms with E-state index in [1.807, 2.05) is 24.3 Å². The van der Waals surface area contributed by atoms with Gasteiger partial charge in [0.05, 0.1) is 4.90 Å². The van der Waals surface area contributed by atoms with E-state index in [0.717, 1.165) is 12.2 Å². The molecule has 22 heavy (non-hydrogen) atoms. The summed E-state index contributed by atoms with van der Waals surface area (Å²) in [7, 11) is -3.53. The first-order chi connectivity index (χ1) is 10.5. The van der Waals surface area contributed by atoms with Gasteiger partial charge in [0.25, 0.3) is 0 Å². The molecule has 0 aliphatic carbocycles. The second-order valence-corrected chi connectivity index (χ2v) is 6.90. The van der Waals surface area contributed by atoms with Crippen LogP contribution in [-0.2, 0) is 16.4 Å². The quantitative estimate of drug-likeness (QED) is 0.788. The maximum Gasteiger partial charge on any atom is 0.240 e. The van der Waals surface area contributed by atoms with Crippen molar-refractivity contribution in [2.75, 3.05) is 13.2 Å². The van der Waals surface area contributed by atoms with E-state index in [4.69, 9.17) is 16.3 Å². The first-order valence-electron chi connectivity index (χ1n) is 6.98. The highest BCUT2D eigenvalue weighted by Crippen LogP contribution is 2.14. The van der Waals surface area contributed by atoms with Gasteiger partial charge >= 0.3 is 0 Å². The SMILES string of the molecule is CCc1ccc(OCCNS(=O)(=O)c2ccc(Cl)cc2)cc1. The van der Waals surface area contributed by atoms with Crippen molar-refractivity contribution in [3.05, 3.63) is 59.1 Å². The summed E-state index contributed by atoms with van der Waals surface area (Å²) in [5.41, 5.74) is 1.23. The summed E-state index contributed by atoms with van der Waals surface area (Å²) >= 11 is 5.74. The predicted molar refractivity (Wildman–Crippen MR) is 88.0 cm³/mol. The average molecular weight is 340 g/mol. The molecule has 0 aliphatic heterocycles. The molecule has 0 heterocycles. The lowest BCUT2D eigenvalue weighted by Gasteiger charge is -2.09. The van der Waals surface area contributed by atoms with Gasteiger partial charge in [-0.25, -0.2) is 13.1 Å². The smallest absolute Gasteiger partial charge is 0.240 e. The Morgan fingerprint density at radius 2 is 1.68 bits per heavy atom. The van der Waals surface area contributed by atoms with E-state index in [-0.39, 0.29) is 18.0 Å². The normalized spacial score (nSPS) is 11.4. The summed E-state index contributed by atoms with van der Waals surface area (Å²) in [5, 5.41) is 0.498. The van der Waals surface area contributed by atoms with Gasteiger partial charge in [-0.05, 0) is 48.4 Å². The van der Waals surface area contributed by atoms with Gasteiger partial charge in [0, 0.05) is 11.6 Å². The minimum absolute atomic E-state index is 0.184. The van der Waals surface area contributed by atoms with E-state index >= 15 is 0 Å². The van der Waals surface area contributed by atoms with Crippen LogP contribution in [0.15, 0.2) is 53.4 Å². The molecule has 0 bridgehead atoms. The van der Waals surface area contributed by atoms with Crippen LogP contribution in [0.4, 0.5) is 0 Å². The number of hydrogen-bond donors (Lipinski definition) is 1.